The van der Waals surface area contributed by atoms with E-state index >= 15 is 0 Å². The van der Waals surface area contributed by atoms with E-state index in [9.17, 15) is 8.78 Å². The lowest BCUT2D eigenvalue weighted by Crippen LogP contribution is -1.97. The molecular weight excluding hydrogens is 250 g/mol. The van der Waals surface area contributed by atoms with Crippen molar-refractivity contribution in [2.75, 3.05) is 5.73 Å². The molecule has 100 valence electrons. The van der Waals surface area contributed by atoms with Crippen molar-refractivity contribution in [3.05, 3.63) is 35.5 Å². The van der Waals surface area contributed by atoms with Crippen LogP contribution in [0, 0.1) is 11.6 Å². The van der Waals surface area contributed by atoms with Crippen molar-refractivity contribution in [2.24, 2.45) is 0 Å². The highest BCUT2D eigenvalue weighted by Crippen LogP contribution is 2.41. The second kappa shape index (κ2) is 4.64. The third-order valence-corrected chi connectivity index (χ3v) is 3.64. The molecule has 0 atom stereocenters. The van der Waals surface area contributed by atoms with Crippen LogP contribution in [0.5, 0.6) is 0 Å². The van der Waals surface area contributed by atoms with Gasteiger partial charge in [0.05, 0.1) is 11.3 Å². The summed E-state index contributed by atoms with van der Waals surface area (Å²) in [5.74, 6) is -0.879. The molecule has 1 heterocycles. The average molecular weight is 264 g/mol. The zero-order valence-electron chi connectivity index (χ0n) is 10.3. The van der Waals surface area contributed by atoms with Crippen LogP contribution >= 0.6 is 0 Å². The van der Waals surface area contributed by atoms with Gasteiger partial charge < -0.3 is 10.3 Å². The van der Waals surface area contributed by atoms with Gasteiger partial charge >= 0.3 is 0 Å². The molecule has 0 saturated heterocycles. The van der Waals surface area contributed by atoms with Crippen LogP contribution in [0.2, 0.25) is 0 Å². The number of halogens is 2. The molecule has 19 heavy (non-hydrogen) atoms. The molecule has 2 N–H and O–H groups in total. The first-order chi connectivity index (χ1) is 9.15. The van der Waals surface area contributed by atoms with Crippen LogP contribution in [-0.2, 0) is 0 Å². The Labute approximate surface area is 109 Å². The molecule has 0 aliphatic heterocycles. The predicted molar refractivity (Wildman–Crippen MR) is 67.5 cm³/mol. The van der Waals surface area contributed by atoms with Crippen LogP contribution in [0.15, 0.2) is 22.7 Å². The van der Waals surface area contributed by atoms with E-state index in [0.717, 1.165) is 37.4 Å². The summed E-state index contributed by atoms with van der Waals surface area (Å²) in [5, 5.41) is 3.99. The maximum Gasteiger partial charge on any atom is 0.230 e. The molecule has 0 spiro atoms. The van der Waals surface area contributed by atoms with Crippen molar-refractivity contribution in [1.82, 2.24) is 5.16 Å². The molecular formula is C14H14F2N2O. The standard InChI is InChI=1S/C14H14F2N2O/c15-10-5-9(6-11(16)7-10)12-13(18-19-14(12)17)8-3-1-2-4-8/h5-8H,1-4,17H2. The number of hydrogen-bond acceptors (Lipinski definition) is 3. The van der Waals surface area contributed by atoms with Gasteiger partial charge in [0.1, 0.15) is 11.6 Å². The Morgan fingerprint density at radius 2 is 1.74 bits per heavy atom. The van der Waals surface area contributed by atoms with E-state index in [1.807, 2.05) is 0 Å². The Hall–Kier alpha value is -1.91. The lowest BCUT2D eigenvalue weighted by Gasteiger charge is -2.08. The molecule has 1 aromatic heterocycles. The van der Waals surface area contributed by atoms with Crippen LogP contribution < -0.4 is 5.73 Å². The molecule has 2 aromatic rings. The highest BCUT2D eigenvalue weighted by Gasteiger charge is 2.26. The highest BCUT2D eigenvalue weighted by molar-refractivity contribution is 5.75. The summed E-state index contributed by atoms with van der Waals surface area (Å²) in [6, 6.07) is 3.34. The Morgan fingerprint density at radius 1 is 1.11 bits per heavy atom. The Kier molecular flexibility index (Phi) is 2.97. The molecule has 1 fully saturated rings. The molecule has 3 nitrogen and oxygen atoms in total. The van der Waals surface area contributed by atoms with Crippen molar-refractivity contribution in [1.29, 1.82) is 0 Å². The van der Waals surface area contributed by atoms with Gasteiger partial charge in [-0.25, -0.2) is 8.78 Å². The van der Waals surface area contributed by atoms with Crippen LogP contribution in [0.4, 0.5) is 14.7 Å². The van der Waals surface area contributed by atoms with Crippen molar-refractivity contribution in [3.8, 4) is 11.1 Å². The summed E-state index contributed by atoms with van der Waals surface area (Å²) in [7, 11) is 0. The smallest absolute Gasteiger partial charge is 0.230 e. The van der Waals surface area contributed by atoms with Crippen LogP contribution in [-0.4, -0.2) is 5.16 Å². The van der Waals surface area contributed by atoms with Crippen LogP contribution in [0.1, 0.15) is 37.3 Å². The summed E-state index contributed by atoms with van der Waals surface area (Å²) < 4.78 is 31.7. The van der Waals surface area contributed by atoms with Crippen molar-refractivity contribution >= 4 is 5.88 Å². The number of hydrogen-bond donors (Lipinski definition) is 1. The molecule has 3 rings (SSSR count). The minimum atomic E-state index is -0.632. The van der Waals surface area contributed by atoms with Crippen molar-refractivity contribution in [3.63, 3.8) is 0 Å². The minimum Gasteiger partial charge on any atom is -0.367 e. The quantitative estimate of drug-likeness (QED) is 0.896. The zero-order valence-corrected chi connectivity index (χ0v) is 10.3. The molecule has 1 aliphatic carbocycles. The third-order valence-electron chi connectivity index (χ3n) is 3.64. The van der Waals surface area contributed by atoms with E-state index in [1.54, 1.807) is 0 Å². The number of nitrogens with two attached hydrogens (primary N) is 1. The molecule has 1 aromatic carbocycles. The fourth-order valence-electron chi connectivity index (χ4n) is 2.78. The summed E-state index contributed by atoms with van der Waals surface area (Å²) in [6.45, 7) is 0. The average Bonchev–Trinajstić information content (AvgIpc) is 2.95. The maximum atomic E-state index is 13.3. The Morgan fingerprint density at radius 3 is 2.37 bits per heavy atom. The van der Waals surface area contributed by atoms with Gasteiger partial charge in [-0.3, -0.25) is 0 Å². The largest absolute Gasteiger partial charge is 0.367 e. The molecule has 5 heteroatoms. The fraction of sp³-hybridized carbons (Fsp3) is 0.357. The fourth-order valence-corrected chi connectivity index (χ4v) is 2.78. The second-order valence-corrected chi connectivity index (χ2v) is 4.95. The second-order valence-electron chi connectivity index (χ2n) is 4.95. The van der Waals surface area contributed by atoms with Gasteiger partial charge in [-0.05, 0) is 30.5 Å². The number of rotatable bonds is 2. The van der Waals surface area contributed by atoms with E-state index in [0.29, 0.717) is 11.1 Å². The topological polar surface area (TPSA) is 52.0 Å². The van der Waals surface area contributed by atoms with Gasteiger partial charge in [0.25, 0.3) is 0 Å². The monoisotopic (exact) mass is 264 g/mol. The lowest BCUT2D eigenvalue weighted by atomic mass is 9.95. The number of anilines is 1. The summed E-state index contributed by atoms with van der Waals surface area (Å²) in [6.07, 6.45) is 4.29. The zero-order chi connectivity index (χ0) is 13.4. The molecule has 1 saturated carbocycles. The molecule has 1 aliphatic rings. The van der Waals surface area contributed by atoms with Gasteiger partial charge in [-0.2, -0.15) is 0 Å². The number of nitrogens with zero attached hydrogens (tertiary/aromatic N) is 1. The van der Waals surface area contributed by atoms with Gasteiger partial charge in [0.2, 0.25) is 5.88 Å². The van der Waals surface area contributed by atoms with Gasteiger partial charge in [0, 0.05) is 12.0 Å². The van der Waals surface area contributed by atoms with E-state index in [-0.39, 0.29) is 11.8 Å². The van der Waals surface area contributed by atoms with E-state index in [2.05, 4.69) is 5.16 Å². The molecule has 0 radical (unpaired) electrons. The SMILES string of the molecule is Nc1onc(C2CCCC2)c1-c1cc(F)cc(F)c1. The van der Waals surface area contributed by atoms with E-state index < -0.39 is 11.6 Å². The molecule has 0 bridgehead atoms. The van der Waals surface area contributed by atoms with E-state index in [1.165, 1.54) is 12.1 Å². The predicted octanol–water partition coefficient (Wildman–Crippen LogP) is 3.86. The summed E-state index contributed by atoms with van der Waals surface area (Å²) in [4.78, 5) is 0. The first-order valence-electron chi connectivity index (χ1n) is 6.36. The van der Waals surface area contributed by atoms with Crippen LogP contribution in [0.25, 0.3) is 11.1 Å². The minimum absolute atomic E-state index is 0.118. The van der Waals surface area contributed by atoms with Crippen molar-refractivity contribution < 1.29 is 13.3 Å². The number of benzene rings is 1. The van der Waals surface area contributed by atoms with Crippen LogP contribution in [0.3, 0.4) is 0 Å². The normalized spacial score (nSPS) is 16.1. The van der Waals surface area contributed by atoms with Gasteiger partial charge in [0.15, 0.2) is 0 Å². The first-order valence-corrected chi connectivity index (χ1v) is 6.36. The summed E-state index contributed by atoms with van der Waals surface area (Å²) >= 11 is 0. The van der Waals surface area contributed by atoms with Crippen molar-refractivity contribution in [2.45, 2.75) is 31.6 Å². The molecule has 0 unspecified atom stereocenters. The van der Waals surface area contributed by atoms with Gasteiger partial charge in [-0.15, -0.1) is 0 Å². The number of nitrogen functional groups attached to an aromatic ring is 1. The third kappa shape index (κ3) is 2.20. The Bertz CT molecular complexity index is 583. The first kappa shape index (κ1) is 12.1. The highest BCUT2D eigenvalue weighted by atomic mass is 19.1. The number of aromatic nitrogens is 1. The lowest BCUT2D eigenvalue weighted by molar-refractivity contribution is 0.420. The maximum absolute atomic E-state index is 13.3. The van der Waals surface area contributed by atoms with E-state index in [4.69, 9.17) is 10.3 Å². The summed E-state index contributed by atoms with van der Waals surface area (Å²) in [5.41, 5.74) is 7.41. The Balaban J connectivity index is 2.10. The van der Waals surface area contributed by atoms with Gasteiger partial charge in [-0.1, -0.05) is 18.0 Å². The molecule has 0 amide bonds.